The minimum atomic E-state index is -3.39. The van der Waals surface area contributed by atoms with Crippen molar-refractivity contribution in [2.45, 2.75) is 25.2 Å². The van der Waals surface area contributed by atoms with Gasteiger partial charge in [-0.2, -0.15) is 0 Å². The molecule has 1 fully saturated rings. The van der Waals surface area contributed by atoms with Crippen molar-refractivity contribution in [1.82, 2.24) is 14.5 Å². The second-order valence-corrected chi connectivity index (χ2v) is 8.99. The summed E-state index contributed by atoms with van der Waals surface area (Å²) in [6.45, 7) is 6.47. The van der Waals surface area contributed by atoms with Crippen molar-refractivity contribution in [2.24, 2.45) is 0 Å². The van der Waals surface area contributed by atoms with Crippen molar-refractivity contribution in [3.8, 4) is 0 Å². The van der Waals surface area contributed by atoms with Gasteiger partial charge in [0.15, 0.2) is 0 Å². The third kappa shape index (κ3) is 4.71. The zero-order chi connectivity index (χ0) is 20.1. The number of imidazole rings is 1. The Morgan fingerprint density at radius 2 is 1.82 bits per heavy atom. The Balaban J connectivity index is 1.68. The van der Waals surface area contributed by atoms with Crippen molar-refractivity contribution in [3.05, 3.63) is 42.0 Å². The van der Waals surface area contributed by atoms with Crippen molar-refractivity contribution in [1.29, 1.82) is 0 Å². The molecule has 1 aliphatic rings. The number of benzene rings is 1. The van der Waals surface area contributed by atoms with Gasteiger partial charge < -0.3 is 14.2 Å². The lowest BCUT2D eigenvalue weighted by Gasteiger charge is -2.36. The van der Waals surface area contributed by atoms with E-state index >= 15 is 0 Å². The molecule has 3 rings (SSSR count). The maximum Gasteiger partial charge on any atom is 0.227 e. The molecule has 0 N–H and O–H groups in total. The van der Waals surface area contributed by atoms with E-state index in [-0.39, 0.29) is 16.7 Å². The van der Waals surface area contributed by atoms with E-state index in [9.17, 15) is 12.8 Å². The molecule has 7 nitrogen and oxygen atoms in total. The molecular weight excluding hydrogens is 383 g/mol. The molecule has 0 bridgehead atoms. The van der Waals surface area contributed by atoms with Crippen molar-refractivity contribution in [3.63, 3.8) is 0 Å². The Kier molecular flexibility index (Phi) is 6.69. The number of piperazine rings is 1. The molecule has 0 atom stereocenters. The fourth-order valence-electron chi connectivity index (χ4n) is 3.36. The van der Waals surface area contributed by atoms with E-state index in [1.54, 1.807) is 36.9 Å². The lowest BCUT2D eigenvalue weighted by Crippen LogP contribution is -2.46. The number of ether oxygens (including phenoxy) is 1. The van der Waals surface area contributed by atoms with E-state index in [1.165, 1.54) is 12.1 Å². The fraction of sp³-hybridized carbons (Fsp3) is 0.526. The van der Waals surface area contributed by atoms with Crippen LogP contribution in [0.5, 0.6) is 0 Å². The first-order valence-electron chi connectivity index (χ1n) is 9.43. The number of hydrogen-bond acceptors (Lipinski definition) is 6. The van der Waals surface area contributed by atoms with Gasteiger partial charge in [0, 0.05) is 52.1 Å². The van der Waals surface area contributed by atoms with Gasteiger partial charge in [0.25, 0.3) is 0 Å². The van der Waals surface area contributed by atoms with Gasteiger partial charge in [-0.3, -0.25) is 4.90 Å². The maximum absolute atomic E-state index is 13.1. The summed E-state index contributed by atoms with van der Waals surface area (Å²) in [5.41, 5.74) is 1.89. The highest BCUT2D eigenvalue weighted by molar-refractivity contribution is 7.91. The van der Waals surface area contributed by atoms with Gasteiger partial charge in [-0.25, -0.2) is 17.8 Å². The molecule has 0 saturated carbocycles. The van der Waals surface area contributed by atoms with E-state index < -0.39 is 9.84 Å². The highest BCUT2D eigenvalue weighted by atomic mass is 32.2. The normalized spacial score (nSPS) is 15.9. The van der Waals surface area contributed by atoms with Crippen LogP contribution in [0.4, 0.5) is 10.1 Å². The molecule has 0 spiro atoms. The predicted molar refractivity (Wildman–Crippen MR) is 106 cm³/mol. The number of nitrogens with zero attached hydrogens (tertiary/aromatic N) is 4. The van der Waals surface area contributed by atoms with Crippen LogP contribution in [-0.4, -0.2) is 68.5 Å². The molecular formula is C19H27FN4O3S. The minimum Gasteiger partial charge on any atom is -0.383 e. The molecule has 2 heterocycles. The van der Waals surface area contributed by atoms with Crippen LogP contribution in [0.2, 0.25) is 0 Å². The molecule has 1 aliphatic heterocycles. The summed E-state index contributed by atoms with van der Waals surface area (Å²) in [5, 5.41) is 0.118. The van der Waals surface area contributed by atoms with Crippen LogP contribution in [0.3, 0.4) is 0 Å². The summed E-state index contributed by atoms with van der Waals surface area (Å²) in [4.78, 5) is 8.70. The molecule has 154 valence electrons. The third-order valence-corrected chi connectivity index (χ3v) is 6.67. The highest BCUT2D eigenvalue weighted by Crippen LogP contribution is 2.19. The summed E-state index contributed by atoms with van der Waals surface area (Å²) in [5.74, 6) is -0.211. The quantitative estimate of drug-likeness (QED) is 0.661. The lowest BCUT2D eigenvalue weighted by atomic mass is 10.2. The van der Waals surface area contributed by atoms with Gasteiger partial charge in [-0.05, 0) is 24.3 Å². The Bertz CT molecular complexity index is 875. The molecule has 0 unspecified atom stereocenters. The van der Waals surface area contributed by atoms with E-state index in [0.29, 0.717) is 19.7 Å². The average Bonchev–Trinajstić information content (AvgIpc) is 3.11. The van der Waals surface area contributed by atoms with Gasteiger partial charge >= 0.3 is 0 Å². The summed E-state index contributed by atoms with van der Waals surface area (Å²) in [6, 6.07) is 6.55. The zero-order valence-electron chi connectivity index (χ0n) is 16.3. The van der Waals surface area contributed by atoms with Crippen LogP contribution in [0.25, 0.3) is 0 Å². The highest BCUT2D eigenvalue weighted by Gasteiger charge is 2.24. The number of anilines is 1. The predicted octanol–water partition coefficient (Wildman–Crippen LogP) is 1.78. The Morgan fingerprint density at radius 1 is 1.14 bits per heavy atom. The van der Waals surface area contributed by atoms with Crippen molar-refractivity contribution in [2.75, 3.05) is 50.5 Å². The van der Waals surface area contributed by atoms with Crippen LogP contribution < -0.4 is 4.90 Å². The van der Waals surface area contributed by atoms with E-state index in [0.717, 1.165) is 37.6 Å². The first-order chi connectivity index (χ1) is 13.4. The van der Waals surface area contributed by atoms with E-state index in [1.807, 2.05) is 0 Å². The second-order valence-electron chi connectivity index (χ2n) is 6.82. The number of rotatable bonds is 8. The third-order valence-electron chi connectivity index (χ3n) is 5.03. The van der Waals surface area contributed by atoms with Crippen LogP contribution >= 0.6 is 0 Å². The fourth-order valence-corrected chi connectivity index (χ4v) is 4.38. The van der Waals surface area contributed by atoms with Crippen molar-refractivity contribution < 1.29 is 17.5 Å². The average molecular weight is 411 g/mol. The Morgan fingerprint density at radius 3 is 2.43 bits per heavy atom. The molecule has 2 aromatic rings. The molecule has 1 aromatic heterocycles. The molecule has 1 aromatic carbocycles. The summed E-state index contributed by atoms with van der Waals surface area (Å²) < 4.78 is 44.7. The first-order valence-corrected chi connectivity index (χ1v) is 11.1. The molecule has 0 radical (unpaired) electrons. The lowest BCUT2D eigenvalue weighted by molar-refractivity contribution is 0.180. The number of aromatic nitrogens is 2. The number of methoxy groups -OCH3 is 1. The first kappa shape index (κ1) is 20.8. The van der Waals surface area contributed by atoms with E-state index in [4.69, 9.17) is 4.74 Å². The summed E-state index contributed by atoms with van der Waals surface area (Å²) in [6.07, 6.45) is 1.66. The minimum absolute atomic E-state index is 0.0206. The monoisotopic (exact) mass is 410 g/mol. The second kappa shape index (κ2) is 9.02. The largest absolute Gasteiger partial charge is 0.383 e. The van der Waals surface area contributed by atoms with Gasteiger partial charge in [0.1, 0.15) is 5.82 Å². The van der Waals surface area contributed by atoms with Gasteiger partial charge in [-0.15, -0.1) is 0 Å². The Labute approximate surface area is 165 Å². The van der Waals surface area contributed by atoms with Crippen LogP contribution in [0, 0.1) is 5.82 Å². The number of sulfone groups is 1. The maximum atomic E-state index is 13.1. The van der Waals surface area contributed by atoms with Crippen LogP contribution in [0.15, 0.2) is 35.6 Å². The Hall–Kier alpha value is -1.97. The zero-order valence-corrected chi connectivity index (χ0v) is 17.2. The van der Waals surface area contributed by atoms with Crippen LogP contribution in [0.1, 0.15) is 12.6 Å². The smallest absolute Gasteiger partial charge is 0.227 e. The van der Waals surface area contributed by atoms with Gasteiger partial charge in [0.05, 0.1) is 24.3 Å². The SMILES string of the molecule is CCS(=O)(=O)c1ncc(CN2CCN(c3ccc(F)cc3)CC2)n1CCOC. The van der Waals surface area contributed by atoms with Gasteiger partial charge in [0.2, 0.25) is 15.0 Å². The summed E-state index contributed by atoms with van der Waals surface area (Å²) >= 11 is 0. The van der Waals surface area contributed by atoms with Crippen LogP contribution in [-0.2, 0) is 27.7 Å². The number of halogens is 1. The van der Waals surface area contributed by atoms with E-state index in [2.05, 4.69) is 14.8 Å². The van der Waals surface area contributed by atoms with Crippen molar-refractivity contribution >= 4 is 15.5 Å². The number of hydrogen-bond donors (Lipinski definition) is 0. The standard InChI is InChI=1S/C19H27FN4O3S/c1-3-28(25,26)19-21-14-18(24(19)12-13-27-2)15-22-8-10-23(11-9-22)17-6-4-16(20)5-7-17/h4-7,14H,3,8-13,15H2,1-2H3. The molecule has 0 amide bonds. The molecule has 0 aliphatic carbocycles. The molecule has 1 saturated heterocycles. The molecule has 9 heteroatoms. The van der Waals surface area contributed by atoms with Gasteiger partial charge in [-0.1, -0.05) is 6.92 Å². The topological polar surface area (TPSA) is 67.7 Å². The molecule has 28 heavy (non-hydrogen) atoms. The summed E-state index contributed by atoms with van der Waals surface area (Å²) in [7, 11) is -1.79.